The van der Waals surface area contributed by atoms with Crippen LogP contribution < -0.4 is 20.6 Å². The third-order valence-corrected chi connectivity index (χ3v) is 16.3. The number of aryl methyl sites for hydroxylation is 2. The van der Waals surface area contributed by atoms with Crippen molar-refractivity contribution in [3.63, 3.8) is 0 Å². The summed E-state index contributed by atoms with van der Waals surface area (Å²) in [7, 11) is 0. The van der Waals surface area contributed by atoms with Gasteiger partial charge in [-0.05, 0) is 152 Å². The maximum absolute atomic E-state index is 2.91. The van der Waals surface area contributed by atoms with Gasteiger partial charge in [-0.15, -0.1) is 0 Å². The van der Waals surface area contributed by atoms with Crippen molar-refractivity contribution in [3.05, 3.63) is 142 Å². The van der Waals surface area contributed by atoms with Crippen molar-refractivity contribution in [2.75, 3.05) is 9.71 Å². The van der Waals surface area contributed by atoms with Crippen molar-refractivity contribution in [2.24, 2.45) is 0 Å². The molecule has 0 bridgehead atoms. The summed E-state index contributed by atoms with van der Waals surface area (Å²) in [5, 5.41) is 0. The van der Waals surface area contributed by atoms with Crippen molar-refractivity contribution < 1.29 is 0 Å². The van der Waals surface area contributed by atoms with Crippen molar-refractivity contribution in [3.8, 4) is 33.4 Å². The molecule has 0 saturated heterocycles. The average Bonchev–Trinajstić information content (AvgIpc) is 3.55. The average molecular weight is 785 g/mol. The van der Waals surface area contributed by atoms with Crippen LogP contribution in [0, 0.1) is 13.8 Å². The zero-order valence-electron chi connectivity index (χ0n) is 38.1. The van der Waals surface area contributed by atoms with E-state index in [4.69, 9.17) is 0 Å². The van der Waals surface area contributed by atoms with Gasteiger partial charge >= 0.3 is 6.85 Å². The van der Waals surface area contributed by atoms with Gasteiger partial charge in [0.05, 0.1) is 5.54 Å². The van der Waals surface area contributed by atoms with Crippen LogP contribution in [0.25, 0.3) is 33.4 Å². The summed E-state index contributed by atoms with van der Waals surface area (Å²) >= 11 is 0. The standard InChI is InChI=1S/C57H61BN2/c1-34-19-13-14-20-39(34)36-28-43-42-32-45-41(40-21-15-16-22-44(40)55(45,9)10)33-49(42)60(48-24-23-37(27-35(48)2)53(3,4)5)58-47-31-38(54(6,7)8)30-46-52(47)59(50(29-36)51(43)58)57(12)26-18-17-25-56(46,57)11/h13-16,19-24,27-33H,17-18,25-26H2,1-12H3. The van der Waals surface area contributed by atoms with E-state index in [9.17, 15) is 0 Å². The molecule has 1 saturated carbocycles. The molecule has 0 N–H and O–H groups in total. The summed E-state index contributed by atoms with van der Waals surface area (Å²) in [6.07, 6.45) is 4.93. The number of nitrogens with zero attached hydrogens (tertiary/aromatic N) is 2. The van der Waals surface area contributed by atoms with Gasteiger partial charge in [0.25, 0.3) is 0 Å². The molecule has 11 rings (SSSR count). The smallest absolute Gasteiger partial charge is 0.333 e. The van der Waals surface area contributed by atoms with Gasteiger partial charge in [0, 0.05) is 39.1 Å². The third-order valence-electron chi connectivity index (χ3n) is 16.3. The molecule has 0 amide bonds. The summed E-state index contributed by atoms with van der Waals surface area (Å²) < 4.78 is 0. The molecule has 0 spiro atoms. The molecular weight excluding hydrogens is 723 g/mol. The first kappa shape index (κ1) is 37.9. The number of hydrogen-bond donors (Lipinski definition) is 0. The third kappa shape index (κ3) is 4.84. The van der Waals surface area contributed by atoms with Gasteiger partial charge in [-0.3, -0.25) is 0 Å². The molecule has 5 aliphatic rings. The fourth-order valence-corrected chi connectivity index (χ4v) is 12.6. The molecule has 2 nitrogen and oxygen atoms in total. The summed E-state index contributed by atoms with van der Waals surface area (Å²) in [5.74, 6) is 0. The lowest BCUT2D eigenvalue weighted by atomic mass is 9.42. The Balaban J connectivity index is 1.32. The number of benzene rings is 6. The van der Waals surface area contributed by atoms with Gasteiger partial charge in [0.1, 0.15) is 0 Å². The van der Waals surface area contributed by atoms with E-state index in [1.165, 1.54) is 126 Å². The molecule has 60 heavy (non-hydrogen) atoms. The van der Waals surface area contributed by atoms with E-state index in [0.29, 0.717) is 0 Å². The predicted octanol–water partition coefficient (Wildman–Crippen LogP) is 13.9. The fraction of sp³-hybridized carbons (Fsp3) is 0.368. The number of fused-ring (bicyclic) bond motifs is 10. The molecule has 6 aromatic carbocycles. The Kier molecular flexibility index (Phi) is 7.64. The largest absolute Gasteiger partial charge is 0.376 e. The molecule has 3 heterocycles. The first-order valence-corrected chi connectivity index (χ1v) is 22.8. The highest BCUT2D eigenvalue weighted by atomic mass is 15.3. The minimum Gasteiger partial charge on any atom is -0.376 e. The Labute approximate surface area is 360 Å². The maximum atomic E-state index is 2.91. The first-order valence-electron chi connectivity index (χ1n) is 22.8. The quantitative estimate of drug-likeness (QED) is 0.161. The van der Waals surface area contributed by atoms with Crippen LogP contribution in [0.3, 0.4) is 0 Å². The van der Waals surface area contributed by atoms with Crippen LogP contribution in [0.1, 0.15) is 134 Å². The van der Waals surface area contributed by atoms with E-state index in [0.717, 1.165) is 0 Å². The lowest BCUT2D eigenvalue weighted by Gasteiger charge is -2.53. The SMILES string of the molecule is Cc1ccccc1-c1cc2c3c(c1)N1c4c(cc(C(C)(C)C)cc4C4(C)CCCCC14C)B3N(c1ccc(C(C)(C)C)cc1C)c1cc3c(cc1-2)C(C)(C)c1ccccc1-3. The Morgan fingerprint density at radius 2 is 1.23 bits per heavy atom. The van der Waals surface area contributed by atoms with Crippen molar-refractivity contribution in [1.29, 1.82) is 0 Å². The van der Waals surface area contributed by atoms with Crippen LogP contribution in [0.2, 0.25) is 0 Å². The second-order valence-electron chi connectivity index (χ2n) is 22.2. The first-order chi connectivity index (χ1) is 28.3. The molecule has 6 aromatic rings. The van der Waals surface area contributed by atoms with E-state index in [1.54, 1.807) is 5.56 Å². The van der Waals surface area contributed by atoms with Crippen molar-refractivity contribution >= 4 is 40.5 Å². The van der Waals surface area contributed by atoms with Gasteiger partial charge in [-0.2, -0.15) is 0 Å². The Bertz CT molecular complexity index is 2850. The monoisotopic (exact) mass is 784 g/mol. The summed E-state index contributed by atoms with van der Waals surface area (Å²) in [5.41, 5.74) is 26.4. The maximum Gasteiger partial charge on any atom is 0.333 e. The Hall–Kier alpha value is -5.02. The molecule has 0 radical (unpaired) electrons. The number of anilines is 4. The molecule has 0 aromatic heterocycles. The van der Waals surface area contributed by atoms with E-state index in [2.05, 4.69) is 196 Å². The van der Waals surface area contributed by atoms with Gasteiger partial charge in [-0.1, -0.05) is 148 Å². The van der Waals surface area contributed by atoms with Crippen LogP contribution in [-0.4, -0.2) is 12.4 Å². The summed E-state index contributed by atoms with van der Waals surface area (Å²) in [6, 6.07) is 41.2. The van der Waals surface area contributed by atoms with Crippen LogP contribution in [0.4, 0.5) is 22.7 Å². The molecule has 3 heteroatoms. The highest BCUT2D eigenvalue weighted by Crippen LogP contribution is 2.63. The van der Waals surface area contributed by atoms with Crippen LogP contribution in [0.5, 0.6) is 0 Å². The topological polar surface area (TPSA) is 6.48 Å². The molecule has 302 valence electrons. The molecule has 2 aliphatic carbocycles. The fourth-order valence-electron chi connectivity index (χ4n) is 12.6. The van der Waals surface area contributed by atoms with Crippen LogP contribution >= 0.6 is 0 Å². The van der Waals surface area contributed by atoms with Crippen LogP contribution in [0.15, 0.2) is 103 Å². The van der Waals surface area contributed by atoms with E-state index in [1.807, 2.05) is 0 Å². The van der Waals surface area contributed by atoms with Gasteiger partial charge in [0.2, 0.25) is 0 Å². The lowest BCUT2D eigenvalue weighted by molar-refractivity contribution is 0.195. The summed E-state index contributed by atoms with van der Waals surface area (Å²) in [6.45, 7) is 29.0. The molecule has 3 aliphatic heterocycles. The second kappa shape index (κ2) is 12.1. The van der Waals surface area contributed by atoms with E-state index < -0.39 is 0 Å². The van der Waals surface area contributed by atoms with E-state index >= 15 is 0 Å². The van der Waals surface area contributed by atoms with Crippen LogP contribution in [-0.2, 0) is 21.7 Å². The van der Waals surface area contributed by atoms with Crippen molar-refractivity contribution in [2.45, 2.75) is 136 Å². The molecule has 2 atom stereocenters. The Morgan fingerprint density at radius 3 is 1.95 bits per heavy atom. The summed E-state index contributed by atoms with van der Waals surface area (Å²) in [4.78, 5) is 5.71. The van der Waals surface area contributed by atoms with Crippen molar-refractivity contribution in [1.82, 2.24) is 0 Å². The predicted molar refractivity (Wildman–Crippen MR) is 258 cm³/mol. The minimum absolute atomic E-state index is 0.00400. The molecular formula is C57H61BN2. The zero-order valence-corrected chi connectivity index (χ0v) is 38.1. The number of rotatable bonds is 2. The second-order valence-corrected chi connectivity index (χ2v) is 22.2. The molecule has 2 unspecified atom stereocenters. The number of hydrogen-bond acceptors (Lipinski definition) is 2. The normalized spacial score (nSPS) is 21.6. The van der Waals surface area contributed by atoms with Gasteiger partial charge < -0.3 is 9.71 Å². The molecule has 1 fully saturated rings. The lowest BCUT2D eigenvalue weighted by Crippen LogP contribution is -2.64. The highest BCUT2D eigenvalue weighted by Gasteiger charge is 2.62. The van der Waals surface area contributed by atoms with Gasteiger partial charge in [0.15, 0.2) is 0 Å². The highest BCUT2D eigenvalue weighted by molar-refractivity contribution is 6.93. The van der Waals surface area contributed by atoms with Gasteiger partial charge in [-0.25, -0.2) is 0 Å². The minimum atomic E-state index is -0.115. The van der Waals surface area contributed by atoms with E-state index in [-0.39, 0.29) is 34.0 Å². The zero-order chi connectivity index (χ0) is 42.1. The Morgan fingerprint density at radius 1 is 0.533 bits per heavy atom.